The van der Waals surface area contributed by atoms with E-state index in [2.05, 4.69) is 4.98 Å². The van der Waals surface area contributed by atoms with E-state index in [-0.39, 0.29) is 24.8 Å². The van der Waals surface area contributed by atoms with E-state index in [0.29, 0.717) is 43.1 Å². The van der Waals surface area contributed by atoms with Crippen LogP contribution in [0.5, 0.6) is 0 Å². The van der Waals surface area contributed by atoms with Gasteiger partial charge in [0, 0.05) is 18.8 Å². The van der Waals surface area contributed by atoms with Gasteiger partial charge in [0.2, 0.25) is 0 Å². The highest BCUT2D eigenvalue weighted by molar-refractivity contribution is 5.99. The van der Waals surface area contributed by atoms with Crippen molar-refractivity contribution in [3.8, 4) is 0 Å². The van der Waals surface area contributed by atoms with Crippen LogP contribution in [0.2, 0.25) is 0 Å². The number of amides is 1. The zero-order valence-corrected chi connectivity index (χ0v) is 14.1. The highest BCUT2D eigenvalue weighted by Crippen LogP contribution is 2.19. The lowest BCUT2D eigenvalue weighted by molar-refractivity contribution is -0.138. The van der Waals surface area contributed by atoms with Crippen LogP contribution in [0.4, 0.5) is 0 Å². The first-order valence-corrected chi connectivity index (χ1v) is 7.84. The molecule has 0 bridgehead atoms. The predicted molar refractivity (Wildman–Crippen MR) is 83.9 cm³/mol. The number of hydrogen-bond donors (Lipinski definition) is 1. The van der Waals surface area contributed by atoms with Crippen LogP contribution in [-0.2, 0) is 19.0 Å². The van der Waals surface area contributed by atoms with Crippen LogP contribution in [0, 0.1) is 13.8 Å². The topological polar surface area (TPSA) is 97.9 Å². The van der Waals surface area contributed by atoms with E-state index < -0.39 is 11.9 Å². The van der Waals surface area contributed by atoms with Crippen LogP contribution < -0.4 is 0 Å². The molecule has 0 aliphatic carbocycles. The fourth-order valence-corrected chi connectivity index (χ4v) is 2.57. The predicted octanol–water partition coefficient (Wildman–Crippen LogP) is 0.824. The number of hydrogen-bond acceptors (Lipinski definition) is 6. The second-order valence-electron chi connectivity index (χ2n) is 5.41. The van der Waals surface area contributed by atoms with Crippen LogP contribution in [0.3, 0.4) is 0 Å². The molecular weight excluding hydrogens is 316 g/mol. The number of aromatic nitrogens is 1. The summed E-state index contributed by atoms with van der Waals surface area (Å²) < 4.78 is 15.2. The summed E-state index contributed by atoms with van der Waals surface area (Å²) in [6.45, 7) is 6.87. The van der Waals surface area contributed by atoms with Gasteiger partial charge >= 0.3 is 11.9 Å². The fraction of sp³-hybridized carbons (Fsp3) is 0.562. The van der Waals surface area contributed by atoms with Gasteiger partial charge in [-0.3, -0.25) is 4.79 Å². The highest BCUT2D eigenvalue weighted by atomic mass is 16.5. The Kier molecular flexibility index (Phi) is 5.97. The van der Waals surface area contributed by atoms with Gasteiger partial charge in [-0.15, -0.1) is 0 Å². The van der Waals surface area contributed by atoms with E-state index in [9.17, 15) is 14.4 Å². The zero-order valence-electron chi connectivity index (χ0n) is 14.1. The van der Waals surface area contributed by atoms with Crippen molar-refractivity contribution in [2.75, 3.05) is 39.5 Å². The molecule has 0 aromatic carbocycles. The van der Waals surface area contributed by atoms with Crippen LogP contribution in [0.1, 0.15) is 39.0 Å². The van der Waals surface area contributed by atoms with E-state index in [1.54, 1.807) is 25.7 Å². The Bertz CT molecular complexity index is 631. The maximum absolute atomic E-state index is 12.2. The number of esters is 2. The number of carbonyl (C=O) groups excluding carboxylic acids is 3. The lowest BCUT2D eigenvalue weighted by Crippen LogP contribution is -2.42. The number of H-pyrrole nitrogens is 1. The van der Waals surface area contributed by atoms with Crippen molar-refractivity contribution in [3.05, 3.63) is 22.5 Å². The average molecular weight is 338 g/mol. The smallest absolute Gasteiger partial charge is 0.355 e. The number of nitrogens with zero attached hydrogens (tertiary/aromatic N) is 1. The molecule has 0 unspecified atom stereocenters. The SMILES string of the molecule is CCOC(=O)c1c(C)[nH]c(C(=O)OCC(=O)N2CCOCC2)c1C. The summed E-state index contributed by atoms with van der Waals surface area (Å²) in [6.07, 6.45) is 0. The molecule has 1 aromatic heterocycles. The first-order chi connectivity index (χ1) is 11.5. The molecule has 8 nitrogen and oxygen atoms in total. The standard InChI is InChI=1S/C16H22N2O6/c1-4-23-15(20)13-10(2)14(17-11(13)3)16(21)24-9-12(19)18-5-7-22-8-6-18/h17H,4-9H2,1-3H3. The Labute approximate surface area is 140 Å². The highest BCUT2D eigenvalue weighted by Gasteiger charge is 2.25. The molecule has 2 rings (SSSR count). The quantitative estimate of drug-likeness (QED) is 0.799. The third-order valence-electron chi connectivity index (χ3n) is 3.81. The van der Waals surface area contributed by atoms with Crippen molar-refractivity contribution in [2.45, 2.75) is 20.8 Å². The Morgan fingerprint density at radius 1 is 1.12 bits per heavy atom. The van der Waals surface area contributed by atoms with E-state index in [1.165, 1.54) is 0 Å². The van der Waals surface area contributed by atoms with Crippen molar-refractivity contribution in [1.82, 2.24) is 9.88 Å². The number of ether oxygens (including phenoxy) is 3. The lowest BCUT2D eigenvalue weighted by Gasteiger charge is -2.26. The molecule has 1 aliphatic heterocycles. The van der Waals surface area contributed by atoms with E-state index in [1.807, 2.05) is 0 Å². The van der Waals surface area contributed by atoms with Gasteiger partial charge in [0.1, 0.15) is 5.69 Å². The van der Waals surface area contributed by atoms with E-state index in [0.717, 1.165) is 0 Å². The minimum absolute atomic E-state index is 0.158. The first-order valence-electron chi connectivity index (χ1n) is 7.84. The van der Waals surface area contributed by atoms with Gasteiger partial charge in [-0.2, -0.15) is 0 Å². The third kappa shape index (κ3) is 3.94. The molecule has 1 aromatic rings. The monoisotopic (exact) mass is 338 g/mol. The second-order valence-corrected chi connectivity index (χ2v) is 5.41. The van der Waals surface area contributed by atoms with Gasteiger partial charge in [-0.05, 0) is 26.3 Å². The van der Waals surface area contributed by atoms with Gasteiger partial charge in [0.05, 0.1) is 25.4 Å². The molecule has 0 radical (unpaired) electrons. The summed E-state index contributed by atoms with van der Waals surface area (Å²) >= 11 is 0. The summed E-state index contributed by atoms with van der Waals surface area (Å²) in [5.41, 5.74) is 1.46. The van der Waals surface area contributed by atoms with Crippen LogP contribution >= 0.6 is 0 Å². The molecule has 8 heteroatoms. The van der Waals surface area contributed by atoms with Gasteiger partial charge in [0.25, 0.3) is 5.91 Å². The number of rotatable bonds is 5. The molecule has 0 atom stereocenters. The van der Waals surface area contributed by atoms with Crippen LogP contribution in [0.25, 0.3) is 0 Å². The van der Waals surface area contributed by atoms with Gasteiger partial charge in [-0.1, -0.05) is 0 Å². The second kappa shape index (κ2) is 7.96. The number of aromatic amines is 1. The Hall–Kier alpha value is -2.35. The van der Waals surface area contributed by atoms with Crippen molar-refractivity contribution in [2.24, 2.45) is 0 Å². The third-order valence-corrected chi connectivity index (χ3v) is 3.81. The molecule has 0 saturated carbocycles. The summed E-state index contributed by atoms with van der Waals surface area (Å²) in [6, 6.07) is 0. The number of carbonyl (C=O) groups is 3. The molecule has 1 aliphatic rings. The molecule has 1 saturated heterocycles. The number of nitrogens with one attached hydrogen (secondary N) is 1. The Morgan fingerprint density at radius 2 is 1.79 bits per heavy atom. The molecule has 0 spiro atoms. The first kappa shape index (κ1) is 18.0. The van der Waals surface area contributed by atoms with E-state index in [4.69, 9.17) is 14.2 Å². The van der Waals surface area contributed by atoms with Gasteiger partial charge in [-0.25, -0.2) is 9.59 Å². The molecule has 132 valence electrons. The maximum Gasteiger partial charge on any atom is 0.355 e. The molecule has 1 fully saturated rings. The van der Waals surface area contributed by atoms with Crippen LogP contribution in [-0.4, -0.2) is 67.2 Å². The molecular formula is C16H22N2O6. The fourth-order valence-electron chi connectivity index (χ4n) is 2.57. The van der Waals surface area contributed by atoms with Crippen molar-refractivity contribution < 1.29 is 28.6 Å². The lowest BCUT2D eigenvalue weighted by atomic mass is 10.1. The zero-order chi connectivity index (χ0) is 17.7. The molecule has 24 heavy (non-hydrogen) atoms. The molecule has 1 N–H and O–H groups in total. The maximum atomic E-state index is 12.2. The molecule has 1 amide bonds. The van der Waals surface area contributed by atoms with Crippen molar-refractivity contribution in [1.29, 1.82) is 0 Å². The van der Waals surface area contributed by atoms with Gasteiger partial charge < -0.3 is 24.1 Å². The van der Waals surface area contributed by atoms with Crippen LogP contribution in [0.15, 0.2) is 0 Å². The summed E-state index contributed by atoms with van der Waals surface area (Å²) in [7, 11) is 0. The summed E-state index contributed by atoms with van der Waals surface area (Å²) in [5.74, 6) is -1.43. The van der Waals surface area contributed by atoms with Gasteiger partial charge in [0.15, 0.2) is 6.61 Å². The minimum Gasteiger partial charge on any atom is -0.462 e. The summed E-state index contributed by atoms with van der Waals surface area (Å²) in [5, 5.41) is 0. The Morgan fingerprint density at radius 3 is 2.42 bits per heavy atom. The largest absolute Gasteiger partial charge is 0.462 e. The average Bonchev–Trinajstić information content (AvgIpc) is 2.88. The Balaban J connectivity index is 2.01. The molecule has 2 heterocycles. The van der Waals surface area contributed by atoms with E-state index >= 15 is 0 Å². The number of aryl methyl sites for hydroxylation is 1. The summed E-state index contributed by atoms with van der Waals surface area (Å²) in [4.78, 5) is 40.5. The normalized spacial score (nSPS) is 14.4. The van der Waals surface area contributed by atoms with Crippen molar-refractivity contribution in [3.63, 3.8) is 0 Å². The minimum atomic E-state index is -0.673. The number of morpholine rings is 1. The van der Waals surface area contributed by atoms with Crippen molar-refractivity contribution >= 4 is 17.8 Å².